The van der Waals surface area contributed by atoms with Crippen LogP contribution >= 0.6 is 0 Å². The molecule has 0 fully saturated rings. The number of benzene rings is 4. The summed E-state index contributed by atoms with van der Waals surface area (Å²) in [6.07, 6.45) is 2.01. The summed E-state index contributed by atoms with van der Waals surface area (Å²) in [5.74, 6) is -0.467. The highest BCUT2D eigenvalue weighted by atomic mass is 16.2. The van der Waals surface area contributed by atoms with E-state index in [0.717, 1.165) is 33.1 Å². The van der Waals surface area contributed by atoms with Crippen molar-refractivity contribution in [3.05, 3.63) is 103 Å². The first-order valence-electron chi connectivity index (χ1n) is 10.7. The maximum Gasteiger partial charge on any atom is 0.243 e. The second-order valence-electron chi connectivity index (χ2n) is 7.79. The number of nitrogens with one attached hydrogen (secondary N) is 2. The summed E-state index contributed by atoms with van der Waals surface area (Å²) < 4.78 is 1.99. The van der Waals surface area contributed by atoms with Crippen molar-refractivity contribution in [2.45, 2.75) is 6.42 Å². The molecule has 0 saturated heterocycles. The first kappa shape index (κ1) is 20.5. The summed E-state index contributed by atoms with van der Waals surface area (Å²) in [5.41, 5.74) is 4.49. The summed E-state index contributed by atoms with van der Waals surface area (Å²) in [7, 11) is 0. The van der Waals surface area contributed by atoms with Crippen molar-refractivity contribution in [3.63, 3.8) is 0 Å². The van der Waals surface area contributed by atoms with Crippen LogP contribution in [0.1, 0.15) is 5.56 Å². The summed E-state index contributed by atoms with van der Waals surface area (Å²) in [6, 6.07) is 29.3. The van der Waals surface area contributed by atoms with Crippen LogP contribution in [0.3, 0.4) is 0 Å². The average molecular weight is 434 g/mol. The first-order valence-corrected chi connectivity index (χ1v) is 10.7. The Kier molecular flexibility index (Phi) is 5.55. The molecule has 162 valence electrons. The van der Waals surface area contributed by atoms with Crippen molar-refractivity contribution >= 4 is 39.3 Å². The molecule has 0 bridgehead atoms. The third-order valence-corrected chi connectivity index (χ3v) is 5.56. The highest BCUT2D eigenvalue weighted by Gasteiger charge is 2.10. The molecule has 0 aliphatic carbocycles. The Morgan fingerprint density at radius 2 is 1.55 bits per heavy atom. The lowest BCUT2D eigenvalue weighted by Gasteiger charge is -2.10. The molecule has 0 spiro atoms. The normalized spacial score (nSPS) is 10.9. The van der Waals surface area contributed by atoms with E-state index in [-0.39, 0.29) is 24.8 Å². The first-order chi connectivity index (χ1) is 16.2. The zero-order valence-electron chi connectivity index (χ0n) is 17.9. The van der Waals surface area contributed by atoms with Gasteiger partial charge in [0, 0.05) is 11.4 Å². The quantitative estimate of drug-likeness (QED) is 0.414. The van der Waals surface area contributed by atoms with Crippen LogP contribution in [0.15, 0.2) is 97.3 Å². The molecule has 33 heavy (non-hydrogen) atoms. The van der Waals surface area contributed by atoms with Gasteiger partial charge in [-0.3, -0.25) is 14.2 Å². The van der Waals surface area contributed by atoms with Gasteiger partial charge in [0.2, 0.25) is 11.8 Å². The van der Waals surface area contributed by atoms with Crippen molar-refractivity contribution in [2.24, 2.45) is 0 Å². The van der Waals surface area contributed by atoms with Crippen LogP contribution in [0.2, 0.25) is 0 Å². The lowest BCUT2D eigenvalue weighted by molar-refractivity contribution is -0.123. The van der Waals surface area contributed by atoms with E-state index in [1.54, 1.807) is 6.33 Å². The van der Waals surface area contributed by atoms with Gasteiger partial charge in [0.15, 0.2) is 0 Å². The van der Waals surface area contributed by atoms with Gasteiger partial charge in [0.25, 0.3) is 0 Å². The fourth-order valence-electron chi connectivity index (χ4n) is 3.94. The van der Waals surface area contributed by atoms with Crippen molar-refractivity contribution < 1.29 is 9.59 Å². The van der Waals surface area contributed by atoms with E-state index in [2.05, 4.69) is 15.6 Å². The fourth-order valence-corrected chi connectivity index (χ4v) is 3.94. The van der Waals surface area contributed by atoms with Crippen molar-refractivity contribution in [3.8, 4) is 5.69 Å². The number of imidazole rings is 1. The number of carbonyl (C=O) groups excluding carboxylic acids is 2. The topological polar surface area (TPSA) is 76.0 Å². The Labute approximate surface area is 190 Å². The van der Waals surface area contributed by atoms with Crippen LogP contribution in [0.4, 0.5) is 5.69 Å². The molecule has 1 aromatic heterocycles. The van der Waals surface area contributed by atoms with E-state index in [0.29, 0.717) is 5.69 Å². The van der Waals surface area contributed by atoms with Crippen molar-refractivity contribution in [1.29, 1.82) is 0 Å². The van der Waals surface area contributed by atoms with Crippen LogP contribution in [0.5, 0.6) is 0 Å². The van der Waals surface area contributed by atoms with Gasteiger partial charge in [-0.25, -0.2) is 4.98 Å². The third-order valence-electron chi connectivity index (χ3n) is 5.56. The zero-order valence-corrected chi connectivity index (χ0v) is 17.9. The zero-order chi connectivity index (χ0) is 22.6. The SMILES string of the molecule is O=C(Cc1cccc2ccccc12)NCC(=O)Nc1ccc(-n2cnc3ccccc32)cc1. The van der Waals surface area contributed by atoms with Gasteiger partial charge in [0.1, 0.15) is 6.33 Å². The lowest BCUT2D eigenvalue weighted by Crippen LogP contribution is -2.33. The second-order valence-corrected chi connectivity index (χ2v) is 7.79. The Morgan fingerprint density at radius 1 is 0.788 bits per heavy atom. The predicted octanol–water partition coefficient (Wildman–Crippen LogP) is 4.48. The molecule has 5 rings (SSSR count). The standard InChI is InChI=1S/C27H22N4O2/c32-26(16-20-8-5-7-19-6-1-2-9-23(19)20)28-17-27(33)30-21-12-14-22(15-13-21)31-18-29-24-10-3-4-11-25(24)31/h1-15,18H,16-17H2,(H,28,32)(H,30,33). The number of hydrogen-bond acceptors (Lipinski definition) is 3. The number of amides is 2. The average Bonchev–Trinajstić information content (AvgIpc) is 3.28. The van der Waals surface area contributed by atoms with Crippen LogP contribution in [0.25, 0.3) is 27.5 Å². The summed E-state index contributed by atoms with van der Waals surface area (Å²) >= 11 is 0. The van der Waals surface area contributed by atoms with Gasteiger partial charge >= 0.3 is 0 Å². The van der Waals surface area contributed by atoms with Gasteiger partial charge in [-0.15, -0.1) is 0 Å². The highest BCUT2D eigenvalue weighted by molar-refractivity contribution is 5.96. The van der Waals surface area contributed by atoms with E-state index >= 15 is 0 Å². The van der Waals surface area contributed by atoms with Crippen molar-refractivity contribution in [2.75, 3.05) is 11.9 Å². The van der Waals surface area contributed by atoms with Crippen LogP contribution in [0, 0.1) is 0 Å². The molecule has 2 N–H and O–H groups in total. The Hall–Kier alpha value is -4.45. The van der Waals surface area contributed by atoms with Gasteiger partial charge in [-0.2, -0.15) is 0 Å². The van der Waals surface area contributed by atoms with E-state index in [4.69, 9.17) is 0 Å². The number of para-hydroxylation sites is 2. The van der Waals surface area contributed by atoms with Gasteiger partial charge in [-0.1, -0.05) is 54.6 Å². The van der Waals surface area contributed by atoms with E-state index in [1.807, 2.05) is 95.6 Å². The number of aromatic nitrogens is 2. The molecule has 0 aliphatic heterocycles. The minimum Gasteiger partial charge on any atom is -0.347 e. The highest BCUT2D eigenvalue weighted by Crippen LogP contribution is 2.20. The number of nitrogens with zero attached hydrogens (tertiary/aromatic N) is 2. The van der Waals surface area contributed by atoms with Crippen molar-refractivity contribution in [1.82, 2.24) is 14.9 Å². The molecule has 0 saturated carbocycles. The smallest absolute Gasteiger partial charge is 0.243 e. The Morgan fingerprint density at radius 3 is 2.42 bits per heavy atom. The number of hydrogen-bond donors (Lipinski definition) is 2. The van der Waals surface area contributed by atoms with Gasteiger partial charge < -0.3 is 10.6 Å². The summed E-state index contributed by atoms with van der Waals surface area (Å²) in [4.78, 5) is 29.1. The predicted molar refractivity (Wildman–Crippen MR) is 130 cm³/mol. The molecule has 6 nitrogen and oxygen atoms in total. The van der Waals surface area contributed by atoms with E-state index < -0.39 is 0 Å². The van der Waals surface area contributed by atoms with Crippen LogP contribution in [-0.2, 0) is 16.0 Å². The molecule has 2 amide bonds. The molecule has 0 aliphatic rings. The number of rotatable bonds is 6. The number of carbonyl (C=O) groups is 2. The third kappa shape index (κ3) is 4.45. The molecule has 0 radical (unpaired) electrons. The number of fused-ring (bicyclic) bond motifs is 2. The van der Waals surface area contributed by atoms with E-state index in [1.165, 1.54) is 0 Å². The molecular weight excluding hydrogens is 412 g/mol. The van der Waals surface area contributed by atoms with E-state index in [9.17, 15) is 9.59 Å². The Balaban J connectivity index is 1.18. The summed E-state index contributed by atoms with van der Waals surface area (Å²) in [5, 5.41) is 7.67. The number of anilines is 1. The fraction of sp³-hybridized carbons (Fsp3) is 0.0741. The molecular formula is C27H22N4O2. The van der Waals surface area contributed by atoms with Crippen LogP contribution < -0.4 is 10.6 Å². The molecule has 5 aromatic rings. The minimum absolute atomic E-state index is 0.0858. The van der Waals surface area contributed by atoms with Gasteiger partial charge in [0.05, 0.1) is 24.0 Å². The molecule has 0 atom stereocenters. The lowest BCUT2D eigenvalue weighted by atomic mass is 10.0. The molecule has 4 aromatic carbocycles. The largest absolute Gasteiger partial charge is 0.347 e. The second kappa shape index (κ2) is 8.96. The molecule has 0 unspecified atom stereocenters. The summed E-state index contributed by atoms with van der Waals surface area (Å²) in [6.45, 7) is -0.0858. The maximum atomic E-state index is 12.4. The maximum absolute atomic E-state index is 12.4. The monoisotopic (exact) mass is 434 g/mol. The Bertz CT molecular complexity index is 1450. The minimum atomic E-state index is -0.276. The molecule has 1 heterocycles. The van der Waals surface area contributed by atoms with Crippen LogP contribution in [-0.4, -0.2) is 27.9 Å². The molecule has 6 heteroatoms. The van der Waals surface area contributed by atoms with Gasteiger partial charge in [-0.05, 0) is 52.7 Å².